The number of imide groups is 1. The number of hydrogen-bond donors (Lipinski definition) is 0. The molecule has 0 aromatic heterocycles. The van der Waals surface area contributed by atoms with Gasteiger partial charge in [0.15, 0.2) is 0 Å². The largest absolute Gasteiger partial charge is 0.426 e. The van der Waals surface area contributed by atoms with Crippen molar-refractivity contribution in [2.75, 3.05) is 16.3 Å². The Balaban J connectivity index is 1.32. The molecule has 36 heavy (non-hydrogen) atoms. The smallest absolute Gasteiger partial charge is 0.316 e. The van der Waals surface area contributed by atoms with E-state index in [9.17, 15) is 19.2 Å². The number of aryl methyl sites for hydroxylation is 2. The van der Waals surface area contributed by atoms with Gasteiger partial charge in [0.25, 0.3) is 0 Å². The molecule has 0 N–H and O–H groups in total. The Kier molecular flexibility index (Phi) is 6.65. The Morgan fingerprint density at radius 1 is 0.917 bits per heavy atom. The van der Waals surface area contributed by atoms with Crippen LogP contribution in [0, 0.1) is 17.8 Å². The van der Waals surface area contributed by atoms with Gasteiger partial charge in [0, 0.05) is 24.7 Å². The zero-order chi connectivity index (χ0) is 25.4. The average molecular weight is 489 g/mol. The molecule has 3 aliphatic rings. The van der Waals surface area contributed by atoms with Crippen LogP contribution in [0.25, 0.3) is 0 Å². The highest BCUT2D eigenvalue weighted by atomic mass is 16.5. The van der Waals surface area contributed by atoms with Crippen molar-refractivity contribution in [1.29, 1.82) is 0 Å². The van der Waals surface area contributed by atoms with Gasteiger partial charge in [-0.15, -0.1) is 0 Å². The van der Waals surface area contributed by atoms with Crippen molar-refractivity contribution < 1.29 is 23.9 Å². The quantitative estimate of drug-likeness (QED) is 0.341. The van der Waals surface area contributed by atoms with Crippen LogP contribution in [-0.4, -0.2) is 30.2 Å². The molecule has 188 valence electrons. The Morgan fingerprint density at radius 3 is 2.14 bits per heavy atom. The summed E-state index contributed by atoms with van der Waals surface area (Å²) in [7, 11) is 0. The van der Waals surface area contributed by atoms with E-state index in [0.29, 0.717) is 5.69 Å². The van der Waals surface area contributed by atoms with Gasteiger partial charge >= 0.3 is 5.97 Å². The summed E-state index contributed by atoms with van der Waals surface area (Å²) >= 11 is 0. The predicted molar refractivity (Wildman–Crippen MR) is 136 cm³/mol. The highest BCUT2D eigenvalue weighted by Gasteiger charge is 2.48. The lowest BCUT2D eigenvalue weighted by atomic mass is 9.81. The summed E-state index contributed by atoms with van der Waals surface area (Å²) in [6.45, 7) is 4.39. The van der Waals surface area contributed by atoms with Crippen molar-refractivity contribution in [2.24, 2.45) is 17.8 Å². The fourth-order valence-corrected chi connectivity index (χ4v) is 5.95. The summed E-state index contributed by atoms with van der Waals surface area (Å²) in [5.74, 6) is -1.70. The highest BCUT2D eigenvalue weighted by molar-refractivity contribution is 6.22. The monoisotopic (exact) mass is 488 g/mol. The molecule has 2 saturated heterocycles. The average Bonchev–Trinajstić information content (AvgIpc) is 3.40. The molecule has 0 unspecified atom stereocenters. The second kappa shape index (κ2) is 9.88. The van der Waals surface area contributed by atoms with Gasteiger partial charge in [-0.25, -0.2) is 4.90 Å². The zero-order valence-corrected chi connectivity index (χ0v) is 20.9. The van der Waals surface area contributed by atoms with Crippen molar-refractivity contribution in [3.8, 4) is 5.75 Å². The highest BCUT2D eigenvalue weighted by Crippen LogP contribution is 2.41. The molecular formula is C29H32N2O5. The minimum atomic E-state index is -0.589. The number of para-hydroxylation sites is 1. The number of benzene rings is 2. The number of esters is 1. The summed E-state index contributed by atoms with van der Waals surface area (Å²) in [6.07, 6.45) is 5.10. The third-order valence-corrected chi connectivity index (χ3v) is 7.83. The summed E-state index contributed by atoms with van der Waals surface area (Å²) in [5.41, 5.74) is 3.52. The van der Waals surface area contributed by atoms with E-state index in [4.69, 9.17) is 4.74 Å². The van der Waals surface area contributed by atoms with Crippen LogP contribution in [0.2, 0.25) is 0 Å². The van der Waals surface area contributed by atoms with Crippen LogP contribution < -0.4 is 14.5 Å². The van der Waals surface area contributed by atoms with E-state index < -0.39 is 11.9 Å². The molecule has 3 fully saturated rings. The van der Waals surface area contributed by atoms with Crippen molar-refractivity contribution >= 4 is 35.1 Å². The molecule has 0 spiro atoms. The molecule has 2 aromatic rings. The van der Waals surface area contributed by atoms with Gasteiger partial charge < -0.3 is 9.64 Å². The molecule has 2 heterocycles. The summed E-state index contributed by atoms with van der Waals surface area (Å²) in [4.78, 5) is 54.9. The maximum Gasteiger partial charge on any atom is 0.316 e. The second-order valence-corrected chi connectivity index (χ2v) is 9.97. The summed E-state index contributed by atoms with van der Waals surface area (Å²) in [6, 6.07) is 12.6. The minimum absolute atomic E-state index is 0.0860. The molecule has 0 radical (unpaired) electrons. The van der Waals surface area contributed by atoms with Gasteiger partial charge in [0.2, 0.25) is 17.7 Å². The van der Waals surface area contributed by atoms with Crippen molar-refractivity contribution in [3.05, 3.63) is 53.6 Å². The van der Waals surface area contributed by atoms with E-state index in [2.05, 4.69) is 13.8 Å². The van der Waals surface area contributed by atoms with Gasteiger partial charge in [-0.1, -0.05) is 51.0 Å². The lowest BCUT2D eigenvalue weighted by Crippen LogP contribution is -2.31. The lowest BCUT2D eigenvalue weighted by Gasteiger charge is -2.23. The number of nitrogens with zero attached hydrogens (tertiary/aromatic N) is 2. The first-order valence-corrected chi connectivity index (χ1v) is 13.0. The fraction of sp³-hybridized carbons (Fsp3) is 0.448. The predicted octanol–water partition coefficient (Wildman–Crippen LogP) is 4.45. The first-order chi connectivity index (χ1) is 17.4. The van der Waals surface area contributed by atoms with E-state index in [1.807, 2.05) is 18.2 Å². The third kappa shape index (κ3) is 4.21. The number of fused-ring (bicyclic) bond motifs is 1. The molecule has 2 aromatic carbocycles. The van der Waals surface area contributed by atoms with Gasteiger partial charge in [-0.3, -0.25) is 19.2 Å². The van der Waals surface area contributed by atoms with Crippen LogP contribution in [0.1, 0.15) is 57.1 Å². The van der Waals surface area contributed by atoms with Crippen LogP contribution >= 0.6 is 0 Å². The first kappa shape index (κ1) is 24.2. The maximum absolute atomic E-state index is 13.1. The van der Waals surface area contributed by atoms with E-state index in [1.54, 1.807) is 29.2 Å². The molecule has 1 saturated carbocycles. The molecule has 3 atom stereocenters. The Morgan fingerprint density at radius 2 is 1.53 bits per heavy atom. The molecule has 5 rings (SSSR count). The van der Waals surface area contributed by atoms with E-state index in [1.165, 1.54) is 4.90 Å². The van der Waals surface area contributed by atoms with Gasteiger partial charge in [0.05, 0.1) is 23.4 Å². The first-order valence-electron chi connectivity index (χ1n) is 13.0. The standard InChI is InChI=1S/C29H32N2O5/c1-3-18-9-7-10-19(4-2)26(18)30-17-20(15-25(30)32)29(35)36-22-12-8-11-21(16-22)31-27(33)23-13-5-6-14-24(23)28(31)34/h7-12,16,20,23-24H,3-6,13-15,17H2,1-2H3/t20-,23+,24+/m1/s1. The van der Waals surface area contributed by atoms with Crippen molar-refractivity contribution in [1.82, 2.24) is 0 Å². The summed E-state index contributed by atoms with van der Waals surface area (Å²) in [5, 5.41) is 0. The lowest BCUT2D eigenvalue weighted by molar-refractivity contribution is -0.139. The number of carbonyl (C=O) groups is 4. The Labute approximate surface area is 211 Å². The van der Waals surface area contributed by atoms with Gasteiger partial charge in [-0.05, 0) is 48.9 Å². The van der Waals surface area contributed by atoms with E-state index in [0.717, 1.165) is 55.3 Å². The molecule has 7 nitrogen and oxygen atoms in total. The van der Waals surface area contributed by atoms with Crippen LogP contribution in [0.5, 0.6) is 5.75 Å². The second-order valence-electron chi connectivity index (χ2n) is 9.97. The molecule has 2 aliphatic heterocycles. The maximum atomic E-state index is 13.1. The molecule has 3 amide bonds. The van der Waals surface area contributed by atoms with Crippen molar-refractivity contribution in [3.63, 3.8) is 0 Å². The third-order valence-electron chi connectivity index (χ3n) is 7.83. The van der Waals surface area contributed by atoms with Crippen LogP contribution in [0.15, 0.2) is 42.5 Å². The summed E-state index contributed by atoms with van der Waals surface area (Å²) < 4.78 is 5.67. The minimum Gasteiger partial charge on any atom is -0.426 e. The number of anilines is 2. The van der Waals surface area contributed by atoms with Crippen LogP contribution in [-0.2, 0) is 32.0 Å². The van der Waals surface area contributed by atoms with Gasteiger partial charge in [-0.2, -0.15) is 0 Å². The van der Waals surface area contributed by atoms with E-state index >= 15 is 0 Å². The topological polar surface area (TPSA) is 84.0 Å². The number of carbonyl (C=O) groups excluding carboxylic acids is 4. The molecular weight excluding hydrogens is 456 g/mol. The van der Waals surface area contributed by atoms with Crippen LogP contribution in [0.3, 0.4) is 0 Å². The van der Waals surface area contributed by atoms with Gasteiger partial charge in [0.1, 0.15) is 5.75 Å². The molecule has 0 bridgehead atoms. The number of amides is 3. The van der Waals surface area contributed by atoms with Crippen molar-refractivity contribution in [2.45, 2.75) is 58.8 Å². The Hall–Kier alpha value is -3.48. The normalized spacial score (nSPS) is 23.8. The fourth-order valence-electron chi connectivity index (χ4n) is 5.95. The van der Waals surface area contributed by atoms with E-state index in [-0.39, 0.29) is 48.3 Å². The zero-order valence-electron chi connectivity index (χ0n) is 20.9. The number of rotatable bonds is 6. The Bertz CT molecular complexity index is 1180. The molecule has 7 heteroatoms. The number of ether oxygens (including phenoxy) is 1. The van der Waals surface area contributed by atoms with Crippen LogP contribution in [0.4, 0.5) is 11.4 Å². The molecule has 1 aliphatic carbocycles. The SMILES string of the molecule is CCc1cccc(CC)c1N1C[C@H](C(=O)Oc2cccc(N3C(=O)[C@H]4CCCC[C@@H]4C3=O)c2)CC1=O. The number of hydrogen-bond acceptors (Lipinski definition) is 5.